The Balaban J connectivity index is 1.93. The number of aromatic nitrogens is 3. The standard InChI is InChI=1S/C24H27FN4O5S/c1-14(2)17-9-16(25)10-18-15-6-7-26-22(8-15)34-13-24(3,4)29-12-20(33-5)23(27-29)35(31,32)28-21(30)11-19(17)18/h6-10,12,14H,11,13H2,1-5H3,(H,28,30). The van der Waals surface area contributed by atoms with E-state index in [2.05, 4.69) is 14.8 Å². The van der Waals surface area contributed by atoms with E-state index in [-0.39, 0.29) is 24.7 Å². The van der Waals surface area contributed by atoms with E-state index in [1.807, 2.05) is 13.8 Å². The van der Waals surface area contributed by atoms with E-state index in [0.29, 0.717) is 28.1 Å². The molecule has 1 aliphatic rings. The number of fused-ring (bicyclic) bond motifs is 6. The molecule has 0 fully saturated rings. The number of amides is 1. The molecular weight excluding hydrogens is 475 g/mol. The lowest BCUT2D eigenvalue weighted by molar-refractivity contribution is -0.118. The molecule has 1 aromatic carbocycles. The number of methoxy groups -OCH3 is 1. The number of carbonyl (C=O) groups excluding carboxylic acids is 1. The zero-order valence-corrected chi connectivity index (χ0v) is 20.9. The monoisotopic (exact) mass is 502 g/mol. The highest BCUT2D eigenvalue weighted by molar-refractivity contribution is 7.90. The van der Waals surface area contributed by atoms with E-state index in [0.717, 1.165) is 0 Å². The minimum Gasteiger partial charge on any atom is -0.492 e. The Kier molecular flexibility index (Phi) is 6.31. The van der Waals surface area contributed by atoms with Crippen LogP contribution in [0, 0.1) is 5.82 Å². The lowest BCUT2D eigenvalue weighted by Crippen LogP contribution is -2.35. The van der Waals surface area contributed by atoms with Gasteiger partial charge in [-0.05, 0) is 60.2 Å². The fourth-order valence-corrected chi connectivity index (χ4v) is 5.04. The Morgan fingerprint density at radius 1 is 1.26 bits per heavy atom. The van der Waals surface area contributed by atoms with Crippen molar-refractivity contribution in [2.45, 2.75) is 50.6 Å². The third-order valence-electron chi connectivity index (χ3n) is 5.82. The maximum Gasteiger partial charge on any atom is 0.287 e. The Hall–Kier alpha value is -3.47. The zero-order valence-electron chi connectivity index (χ0n) is 20.1. The van der Waals surface area contributed by atoms with E-state index in [9.17, 15) is 17.6 Å². The minimum atomic E-state index is -4.36. The Morgan fingerprint density at radius 3 is 2.69 bits per heavy atom. The predicted molar refractivity (Wildman–Crippen MR) is 126 cm³/mol. The number of carbonyl (C=O) groups is 1. The second-order valence-corrected chi connectivity index (χ2v) is 10.9. The van der Waals surface area contributed by atoms with Crippen LogP contribution < -0.4 is 14.2 Å². The van der Waals surface area contributed by atoms with Crippen LogP contribution in [0.2, 0.25) is 0 Å². The molecule has 3 heterocycles. The van der Waals surface area contributed by atoms with Gasteiger partial charge < -0.3 is 9.47 Å². The van der Waals surface area contributed by atoms with E-state index < -0.39 is 32.3 Å². The van der Waals surface area contributed by atoms with Crippen molar-refractivity contribution in [1.82, 2.24) is 19.5 Å². The summed E-state index contributed by atoms with van der Waals surface area (Å²) in [6, 6.07) is 6.05. The van der Waals surface area contributed by atoms with Gasteiger partial charge in [0.25, 0.3) is 10.0 Å². The molecule has 0 radical (unpaired) electrons. The number of benzene rings is 1. The Bertz CT molecular complexity index is 1400. The van der Waals surface area contributed by atoms with Gasteiger partial charge in [-0.2, -0.15) is 13.5 Å². The molecule has 11 heteroatoms. The number of halogens is 1. The van der Waals surface area contributed by atoms with Gasteiger partial charge in [0.2, 0.25) is 16.8 Å². The van der Waals surface area contributed by atoms with Crippen LogP contribution in [0.5, 0.6) is 11.6 Å². The van der Waals surface area contributed by atoms with Gasteiger partial charge in [0, 0.05) is 12.3 Å². The molecule has 4 bridgehead atoms. The molecular formula is C24H27FN4O5S. The molecule has 0 atom stereocenters. The number of rotatable bonds is 2. The first kappa shape index (κ1) is 24.6. The van der Waals surface area contributed by atoms with Crippen molar-refractivity contribution in [3.63, 3.8) is 0 Å². The molecule has 35 heavy (non-hydrogen) atoms. The molecule has 9 nitrogen and oxygen atoms in total. The average molecular weight is 503 g/mol. The normalized spacial score (nSPS) is 16.9. The second-order valence-electron chi connectivity index (χ2n) is 9.31. The van der Waals surface area contributed by atoms with E-state index >= 15 is 0 Å². The quantitative estimate of drug-likeness (QED) is 0.572. The highest BCUT2D eigenvalue weighted by Gasteiger charge is 2.32. The maximum atomic E-state index is 14.6. The van der Waals surface area contributed by atoms with Crippen LogP contribution in [0.25, 0.3) is 11.1 Å². The lowest BCUT2D eigenvalue weighted by Gasteiger charge is -2.25. The molecule has 0 unspecified atom stereocenters. The second kappa shape index (κ2) is 8.95. The largest absolute Gasteiger partial charge is 0.492 e. The zero-order chi connectivity index (χ0) is 25.5. The van der Waals surface area contributed by atoms with Gasteiger partial charge in [0.05, 0.1) is 25.3 Å². The lowest BCUT2D eigenvalue weighted by atomic mass is 9.88. The van der Waals surface area contributed by atoms with Crippen LogP contribution in [0.3, 0.4) is 0 Å². The summed E-state index contributed by atoms with van der Waals surface area (Å²) in [4.78, 5) is 17.3. The van der Waals surface area contributed by atoms with Crippen LogP contribution in [0.15, 0.2) is 41.7 Å². The number of pyridine rings is 1. The molecule has 1 aliphatic heterocycles. The summed E-state index contributed by atoms with van der Waals surface area (Å²) >= 11 is 0. The van der Waals surface area contributed by atoms with E-state index in [1.165, 1.54) is 30.1 Å². The highest BCUT2D eigenvalue weighted by atomic mass is 32.2. The van der Waals surface area contributed by atoms with Crippen molar-refractivity contribution in [2.75, 3.05) is 13.7 Å². The van der Waals surface area contributed by atoms with E-state index in [1.54, 1.807) is 32.2 Å². The first-order chi connectivity index (χ1) is 16.4. The smallest absolute Gasteiger partial charge is 0.287 e. The molecule has 0 spiro atoms. The number of hydrogen-bond acceptors (Lipinski definition) is 7. The van der Waals surface area contributed by atoms with Crippen molar-refractivity contribution in [3.05, 3.63) is 53.6 Å². The summed E-state index contributed by atoms with van der Waals surface area (Å²) < 4.78 is 55.5. The third-order valence-corrected chi connectivity index (χ3v) is 7.11. The van der Waals surface area contributed by atoms with Crippen LogP contribution in [-0.2, 0) is 26.8 Å². The summed E-state index contributed by atoms with van der Waals surface area (Å²) in [5.74, 6) is -1.09. The minimum absolute atomic E-state index is 0.0177. The third kappa shape index (κ3) is 4.86. The molecule has 186 valence electrons. The number of nitrogens with zero attached hydrogens (tertiary/aromatic N) is 3. The van der Waals surface area contributed by atoms with Crippen LogP contribution in [-0.4, -0.2) is 42.8 Å². The Morgan fingerprint density at radius 2 is 2.00 bits per heavy atom. The van der Waals surface area contributed by atoms with Crippen molar-refractivity contribution in [1.29, 1.82) is 0 Å². The predicted octanol–water partition coefficient (Wildman–Crippen LogP) is 3.39. The summed E-state index contributed by atoms with van der Waals surface area (Å²) in [6.45, 7) is 7.44. The van der Waals surface area contributed by atoms with Crippen LogP contribution in [0.1, 0.15) is 44.7 Å². The number of hydrogen-bond donors (Lipinski definition) is 1. The van der Waals surface area contributed by atoms with Gasteiger partial charge in [0.1, 0.15) is 12.4 Å². The molecule has 0 saturated carbocycles. The molecule has 0 saturated heterocycles. The topological polar surface area (TPSA) is 112 Å². The van der Waals surface area contributed by atoms with Crippen molar-refractivity contribution in [2.24, 2.45) is 0 Å². The average Bonchev–Trinajstić information content (AvgIpc) is 3.24. The van der Waals surface area contributed by atoms with E-state index in [4.69, 9.17) is 9.47 Å². The first-order valence-electron chi connectivity index (χ1n) is 11.0. The summed E-state index contributed by atoms with van der Waals surface area (Å²) in [5, 5.41) is 3.79. The van der Waals surface area contributed by atoms with Crippen molar-refractivity contribution < 1.29 is 27.1 Å². The number of nitrogens with one attached hydrogen (secondary N) is 1. The molecule has 1 amide bonds. The maximum absolute atomic E-state index is 14.6. The molecule has 3 aromatic rings. The van der Waals surface area contributed by atoms with Gasteiger partial charge >= 0.3 is 0 Å². The molecule has 0 aliphatic carbocycles. The number of sulfonamides is 1. The summed E-state index contributed by atoms with van der Waals surface area (Å²) in [7, 11) is -3.04. The van der Waals surface area contributed by atoms with Gasteiger partial charge in [-0.3, -0.25) is 9.48 Å². The van der Waals surface area contributed by atoms with Gasteiger partial charge in [-0.15, -0.1) is 0 Å². The van der Waals surface area contributed by atoms with Crippen LogP contribution in [0.4, 0.5) is 4.39 Å². The molecule has 1 N–H and O–H groups in total. The van der Waals surface area contributed by atoms with Gasteiger partial charge in [0.15, 0.2) is 5.75 Å². The number of ether oxygens (including phenoxy) is 2. The first-order valence-corrected chi connectivity index (χ1v) is 12.5. The highest BCUT2D eigenvalue weighted by Crippen LogP contribution is 2.34. The van der Waals surface area contributed by atoms with Crippen molar-refractivity contribution >= 4 is 15.9 Å². The van der Waals surface area contributed by atoms with Crippen LogP contribution >= 0.6 is 0 Å². The van der Waals surface area contributed by atoms with Gasteiger partial charge in [-0.25, -0.2) is 14.1 Å². The fourth-order valence-electron chi connectivity index (χ4n) is 3.97. The Labute approximate surface area is 203 Å². The fraction of sp³-hybridized carbons (Fsp3) is 0.375. The molecule has 2 aromatic heterocycles. The van der Waals surface area contributed by atoms with Gasteiger partial charge in [-0.1, -0.05) is 13.8 Å². The molecule has 4 rings (SSSR count). The van der Waals surface area contributed by atoms with Crippen molar-refractivity contribution in [3.8, 4) is 22.8 Å². The SMILES string of the molecule is COc1cn2nc1S(=O)(=O)NC(=O)Cc1c(cc(F)cc1C(C)C)-c1ccnc(c1)OCC2(C)C. The summed E-state index contributed by atoms with van der Waals surface area (Å²) in [6.07, 6.45) is 2.68. The summed E-state index contributed by atoms with van der Waals surface area (Å²) in [5.41, 5.74) is 1.36.